The summed E-state index contributed by atoms with van der Waals surface area (Å²) in [4.78, 5) is 2.52. The summed E-state index contributed by atoms with van der Waals surface area (Å²) >= 11 is 0. The van der Waals surface area contributed by atoms with Gasteiger partial charge < -0.3 is 10.1 Å². The van der Waals surface area contributed by atoms with Crippen LogP contribution in [0, 0.1) is 0 Å². The Kier molecular flexibility index (Phi) is 4.35. The van der Waals surface area contributed by atoms with E-state index in [-0.39, 0.29) is 5.60 Å². The predicted octanol–water partition coefficient (Wildman–Crippen LogP) is 1.10. The molecule has 3 heteroatoms. The molecule has 1 rings (SSSR count). The van der Waals surface area contributed by atoms with Gasteiger partial charge in [-0.2, -0.15) is 0 Å². The normalized spacial score (nSPS) is 26.1. The number of hydrogen-bond acceptors (Lipinski definition) is 3. The van der Waals surface area contributed by atoms with E-state index in [1.165, 1.54) is 6.42 Å². The first kappa shape index (κ1) is 12.0. The molecule has 1 aliphatic heterocycles. The van der Waals surface area contributed by atoms with E-state index in [4.69, 9.17) is 4.74 Å². The molecule has 14 heavy (non-hydrogen) atoms. The lowest BCUT2D eigenvalue weighted by Crippen LogP contribution is -2.45. The molecule has 1 fully saturated rings. The lowest BCUT2D eigenvalue weighted by atomic mass is 10.1. The predicted molar refractivity (Wildman–Crippen MR) is 59.6 cm³/mol. The Labute approximate surface area is 87.8 Å². The molecule has 0 aromatic carbocycles. The fourth-order valence-electron chi connectivity index (χ4n) is 1.85. The molecular weight excluding hydrogens is 176 g/mol. The van der Waals surface area contributed by atoms with Crippen LogP contribution in [0.2, 0.25) is 0 Å². The van der Waals surface area contributed by atoms with E-state index in [9.17, 15) is 0 Å². The third-order valence-electron chi connectivity index (χ3n) is 3.07. The van der Waals surface area contributed by atoms with Gasteiger partial charge in [0.05, 0.1) is 5.60 Å². The molecule has 1 N–H and O–H groups in total. The topological polar surface area (TPSA) is 24.5 Å². The number of methoxy groups -OCH3 is 1. The molecule has 1 heterocycles. The van der Waals surface area contributed by atoms with Gasteiger partial charge in [-0.25, -0.2) is 0 Å². The second-order valence-corrected chi connectivity index (χ2v) is 4.82. The van der Waals surface area contributed by atoms with Gasteiger partial charge in [-0.1, -0.05) is 0 Å². The molecule has 0 spiro atoms. The number of nitrogens with zero attached hydrogens (tertiary/aromatic N) is 1. The molecule has 0 saturated carbocycles. The maximum Gasteiger partial charge on any atom is 0.0749 e. The fraction of sp³-hybridized carbons (Fsp3) is 1.00. The van der Waals surface area contributed by atoms with Crippen LogP contribution in [0.5, 0.6) is 0 Å². The first-order chi connectivity index (χ1) is 6.55. The van der Waals surface area contributed by atoms with Crippen molar-refractivity contribution in [3.8, 4) is 0 Å². The number of ether oxygens (including phenoxy) is 1. The maximum atomic E-state index is 5.47. The first-order valence-electron chi connectivity index (χ1n) is 5.55. The van der Waals surface area contributed by atoms with E-state index in [2.05, 4.69) is 31.0 Å². The number of rotatable bonds is 3. The Morgan fingerprint density at radius 1 is 1.43 bits per heavy atom. The Hall–Kier alpha value is -0.120. The highest BCUT2D eigenvalue weighted by Crippen LogP contribution is 2.14. The minimum absolute atomic E-state index is 0.0292. The van der Waals surface area contributed by atoms with E-state index in [1.54, 1.807) is 7.11 Å². The smallest absolute Gasteiger partial charge is 0.0749 e. The minimum atomic E-state index is -0.0292. The van der Waals surface area contributed by atoms with Gasteiger partial charge in [0.15, 0.2) is 0 Å². The van der Waals surface area contributed by atoms with E-state index in [1.807, 2.05) is 0 Å². The van der Waals surface area contributed by atoms with Crippen molar-refractivity contribution in [3.63, 3.8) is 0 Å². The Morgan fingerprint density at radius 2 is 2.14 bits per heavy atom. The van der Waals surface area contributed by atoms with Gasteiger partial charge in [0.25, 0.3) is 0 Å². The molecular formula is C11H24N2O. The largest absolute Gasteiger partial charge is 0.377 e. The van der Waals surface area contributed by atoms with Crippen molar-refractivity contribution >= 4 is 0 Å². The summed E-state index contributed by atoms with van der Waals surface area (Å²) in [6, 6.07) is 0.666. The first-order valence-corrected chi connectivity index (χ1v) is 5.55. The maximum absolute atomic E-state index is 5.47. The van der Waals surface area contributed by atoms with E-state index in [0.29, 0.717) is 6.04 Å². The third-order valence-corrected chi connectivity index (χ3v) is 3.07. The van der Waals surface area contributed by atoms with Gasteiger partial charge >= 0.3 is 0 Å². The van der Waals surface area contributed by atoms with E-state index >= 15 is 0 Å². The van der Waals surface area contributed by atoms with Crippen LogP contribution >= 0.6 is 0 Å². The van der Waals surface area contributed by atoms with Crippen molar-refractivity contribution in [2.24, 2.45) is 0 Å². The van der Waals surface area contributed by atoms with Crippen molar-refractivity contribution in [1.29, 1.82) is 0 Å². The minimum Gasteiger partial charge on any atom is -0.377 e. The van der Waals surface area contributed by atoms with Crippen LogP contribution in [0.25, 0.3) is 0 Å². The molecule has 3 nitrogen and oxygen atoms in total. The molecule has 0 amide bonds. The van der Waals surface area contributed by atoms with Crippen LogP contribution in [0.4, 0.5) is 0 Å². The van der Waals surface area contributed by atoms with Gasteiger partial charge in [0.1, 0.15) is 0 Å². The van der Waals surface area contributed by atoms with Crippen LogP contribution in [0.15, 0.2) is 0 Å². The van der Waals surface area contributed by atoms with E-state index in [0.717, 1.165) is 26.2 Å². The highest BCUT2D eigenvalue weighted by atomic mass is 16.5. The van der Waals surface area contributed by atoms with Gasteiger partial charge in [-0.15, -0.1) is 0 Å². The molecule has 0 aromatic heterocycles. The molecule has 0 radical (unpaired) electrons. The average Bonchev–Trinajstić information content (AvgIpc) is 2.32. The Balaban J connectivity index is 2.48. The average molecular weight is 200 g/mol. The van der Waals surface area contributed by atoms with Crippen LogP contribution in [0.3, 0.4) is 0 Å². The fourth-order valence-corrected chi connectivity index (χ4v) is 1.85. The molecule has 0 aromatic rings. The summed E-state index contributed by atoms with van der Waals surface area (Å²) in [5.41, 5.74) is -0.0292. The number of nitrogens with one attached hydrogen (secondary N) is 1. The zero-order valence-corrected chi connectivity index (χ0v) is 9.97. The van der Waals surface area contributed by atoms with Crippen LogP contribution < -0.4 is 5.32 Å². The molecule has 0 bridgehead atoms. The highest BCUT2D eigenvalue weighted by molar-refractivity contribution is 4.80. The van der Waals surface area contributed by atoms with Crippen molar-refractivity contribution < 1.29 is 4.74 Å². The van der Waals surface area contributed by atoms with Crippen molar-refractivity contribution in [1.82, 2.24) is 10.2 Å². The molecule has 1 unspecified atom stereocenters. The van der Waals surface area contributed by atoms with Crippen LogP contribution in [0.1, 0.15) is 27.2 Å². The van der Waals surface area contributed by atoms with Crippen molar-refractivity contribution in [2.75, 3.05) is 33.3 Å². The molecule has 1 aliphatic rings. The molecule has 1 atom stereocenters. The monoisotopic (exact) mass is 200 g/mol. The zero-order valence-electron chi connectivity index (χ0n) is 9.97. The van der Waals surface area contributed by atoms with Gasteiger partial charge in [-0.3, -0.25) is 4.90 Å². The second kappa shape index (κ2) is 5.10. The summed E-state index contributed by atoms with van der Waals surface area (Å²) in [6.45, 7) is 11.0. The molecule has 0 aliphatic carbocycles. The molecule has 1 saturated heterocycles. The summed E-state index contributed by atoms with van der Waals surface area (Å²) in [5, 5.41) is 3.43. The van der Waals surface area contributed by atoms with Crippen LogP contribution in [-0.4, -0.2) is 49.8 Å². The third kappa shape index (κ3) is 3.56. The summed E-state index contributed by atoms with van der Waals surface area (Å²) in [7, 11) is 1.79. The van der Waals surface area contributed by atoms with Gasteiger partial charge in [-0.05, 0) is 33.7 Å². The van der Waals surface area contributed by atoms with Crippen molar-refractivity contribution in [2.45, 2.75) is 38.8 Å². The molecule has 84 valence electrons. The summed E-state index contributed by atoms with van der Waals surface area (Å²) in [6.07, 6.45) is 1.24. The SMILES string of the molecule is COC(C)(C)CN1CCNCCC1C. The van der Waals surface area contributed by atoms with Crippen molar-refractivity contribution in [3.05, 3.63) is 0 Å². The van der Waals surface area contributed by atoms with Gasteiger partial charge in [0.2, 0.25) is 0 Å². The van der Waals surface area contributed by atoms with Crippen LogP contribution in [-0.2, 0) is 4.74 Å². The summed E-state index contributed by atoms with van der Waals surface area (Å²) in [5.74, 6) is 0. The Morgan fingerprint density at radius 3 is 2.79 bits per heavy atom. The second-order valence-electron chi connectivity index (χ2n) is 4.82. The highest BCUT2D eigenvalue weighted by Gasteiger charge is 2.24. The summed E-state index contributed by atoms with van der Waals surface area (Å²) < 4.78 is 5.47. The van der Waals surface area contributed by atoms with E-state index < -0.39 is 0 Å². The quantitative estimate of drug-likeness (QED) is 0.738. The van der Waals surface area contributed by atoms with Gasteiger partial charge in [0, 0.05) is 32.8 Å². The standard InChI is InChI=1S/C11H24N2O/c1-10-5-6-12-7-8-13(10)9-11(2,3)14-4/h10,12H,5-9H2,1-4H3. The zero-order chi connectivity index (χ0) is 10.6. The number of hydrogen-bond donors (Lipinski definition) is 1. The lowest BCUT2D eigenvalue weighted by Gasteiger charge is -2.34. The lowest BCUT2D eigenvalue weighted by molar-refractivity contribution is -0.0146. The Bertz CT molecular complexity index is 171.